The first-order valence-electron chi connectivity index (χ1n) is 7.81. The lowest BCUT2D eigenvalue weighted by atomic mass is 9.93. The lowest BCUT2D eigenvalue weighted by Crippen LogP contribution is -2.43. The monoisotopic (exact) mass is 340 g/mol. The number of anilines is 1. The summed E-state index contributed by atoms with van der Waals surface area (Å²) >= 11 is 0. The second-order valence-corrected chi connectivity index (χ2v) is 8.01. The molecule has 0 aromatic heterocycles. The van der Waals surface area contributed by atoms with Crippen molar-refractivity contribution in [3.05, 3.63) is 29.6 Å². The maximum Gasteiger partial charge on any atom is 0.235 e. The molecule has 1 heterocycles. The number of benzene rings is 1. The second-order valence-electron chi connectivity index (χ2n) is 6.00. The summed E-state index contributed by atoms with van der Waals surface area (Å²) < 4.78 is 39.1. The maximum atomic E-state index is 14.2. The number of nitrogens with zero attached hydrogens (tertiary/aromatic N) is 2. The van der Waals surface area contributed by atoms with E-state index in [1.807, 2.05) is 0 Å². The van der Waals surface area contributed by atoms with Gasteiger partial charge in [-0.3, -0.25) is 4.31 Å². The third-order valence-corrected chi connectivity index (χ3v) is 6.12. The molecule has 1 aliphatic heterocycles. The zero-order valence-electron chi connectivity index (χ0n) is 12.8. The van der Waals surface area contributed by atoms with Gasteiger partial charge in [0.2, 0.25) is 10.0 Å². The quantitative estimate of drug-likeness (QED) is 0.639. The van der Waals surface area contributed by atoms with Crippen molar-refractivity contribution in [2.75, 3.05) is 16.6 Å². The van der Waals surface area contributed by atoms with E-state index < -0.39 is 15.8 Å². The highest BCUT2D eigenvalue weighted by molar-refractivity contribution is 7.93. The SMILES string of the molecule is NC(=NCc1ccc(N2CCCS2(=O)=O)c(F)c1)NC1CCC1. The standard InChI is InChI=1S/C15H21FN4O2S/c16-13-9-11(10-18-15(17)19-12-3-1-4-12)5-6-14(13)20-7-2-8-23(20,21)22/h5-6,9,12H,1-4,7-8,10H2,(H3,17,18,19). The van der Waals surface area contributed by atoms with Crippen LogP contribution < -0.4 is 15.4 Å². The Morgan fingerprint density at radius 3 is 2.74 bits per heavy atom. The predicted molar refractivity (Wildman–Crippen MR) is 88.3 cm³/mol. The Balaban J connectivity index is 1.68. The molecule has 2 aliphatic rings. The molecule has 1 aromatic carbocycles. The highest BCUT2D eigenvalue weighted by Crippen LogP contribution is 2.27. The number of halogens is 1. The summed E-state index contributed by atoms with van der Waals surface area (Å²) in [7, 11) is -3.38. The van der Waals surface area contributed by atoms with Crippen LogP contribution in [-0.4, -0.2) is 32.7 Å². The molecule has 2 fully saturated rings. The topological polar surface area (TPSA) is 87.8 Å². The largest absolute Gasteiger partial charge is 0.370 e. The van der Waals surface area contributed by atoms with Gasteiger partial charge >= 0.3 is 0 Å². The van der Waals surface area contributed by atoms with E-state index in [2.05, 4.69) is 10.3 Å². The van der Waals surface area contributed by atoms with Gasteiger partial charge < -0.3 is 11.1 Å². The lowest BCUT2D eigenvalue weighted by molar-refractivity contribution is 0.382. The van der Waals surface area contributed by atoms with Crippen LogP contribution in [0.5, 0.6) is 0 Å². The molecule has 1 aliphatic carbocycles. The Bertz CT molecular complexity index is 716. The molecule has 1 aromatic rings. The molecule has 126 valence electrons. The van der Waals surface area contributed by atoms with Gasteiger partial charge in [0.15, 0.2) is 5.96 Å². The van der Waals surface area contributed by atoms with E-state index in [0.29, 0.717) is 30.5 Å². The minimum atomic E-state index is -3.38. The van der Waals surface area contributed by atoms with Gasteiger partial charge in [-0.25, -0.2) is 17.8 Å². The van der Waals surface area contributed by atoms with Crippen molar-refractivity contribution in [1.82, 2.24) is 5.32 Å². The first-order valence-corrected chi connectivity index (χ1v) is 9.42. The van der Waals surface area contributed by atoms with Crippen LogP contribution in [0, 0.1) is 5.82 Å². The van der Waals surface area contributed by atoms with Gasteiger partial charge in [-0.2, -0.15) is 0 Å². The molecule has 0 amide bonds. The highest BCUT2D eigenvalue weighted by atomic mass is 32.2. The van der Waals surface area contributed by atoms with Crippen molar-refractivity contribution < 1.29 is 12.8 Å². The van der Waals surface area contributed by atoms with Crippen LogP contribution in [-0.2, 0) is 16.6 Å². The minimum Gasteiger partial charge on any atom is -0.370 e. The average molecular weight is 340 g/mol. The van der Waals surface area contributed by atoms with E-state index in [4.69, 9.17) is 5.73 Å². The van der Waals surface area contributed by atoms with E-state index in [1.165, 1.54) is 18.6 Å². The van der Waals surface area contributed by atoms with Gasteiger partial charge in [0, 0.05) is 12.6 Å². The Labute approximate surface area is 135 Å². The molecule has 0 unspecified atom stereocenters. The van der Waals surface area contributed by atoms with Crippen molar-refractivity contribution in [2.24, 2.45) is 10.7 Å². The Morgan fingerprint density at radius 1 is 1.39 bits per heavy atom. The van der Waals surface area contributed by atoms with Crippen LogP contribution >= 0.6 is 0 Å². The summed E-state index contributed by atoms with van der Waals surface area (Å²) in [5, 5.41) is 3.11. The zero-order chi connectivity index (χ0) is 16.4. The molecule has 3 N–H and O–H groups in total. The summed E-state index contributed by atoms with van der Waals surface area (Å²) in [4.78, 5) is 4.20. The number of guanidine groups is 1. The first-order chi connectivity index (χ1) is 11.0. The Kier molecular flexibility index (Phi) is 4.43. The molecule has 0 atom stereocenters. The number of sulfonamides is 1. The average Bonchev–Trinajstić information content (AvgIpc) is 2.80. The molecular formula is C15H21FN4O2S. The molecule has 1 saturated heterocycles. The van der Waals surface area contributed by atoms with E-state index in [0.717, 1.165) is 17.1 Å². The normalized spacial score (nSPS) is 21.3. The zero-order valence-corrected chi connectivity index (χ0v) is 13.7. The van der Waals surface area contributed by atoms with Crippen LogP contribution in [0.2, 0.25) is 0 Å². The van der Waals surface area contributed by atoms with Gasteiger partial charge in [-0.15, -0.1) is 0 Å². The summed E-state index contributed by atoms with van der Waals surface area (Å²) in [5.74, 6) is -0.114. The van der Waals surface area contributed by atoms with Gasteiger partial charge in [0.1, 0.15) is 5.82 Å². The summed E-state index contributed by atoms with van der Waals surface area (Å²) in [5.41, 5.74) is 6.55. The fourth-order valence-corrected chi connectivity index (χ4v) is 4.31. The maximum absolute atomic E-state index is 14.2. The third kappa shape index (κ3) is 3.57. The molecule has 0 spiro atoms. The summed E-state index contributed by atoms with van der Waals surface area (Å²) in [6.45, 7) is 0.588. The number of rotatable bonds is 4. The van der Waals surface area contributed by atoms with Crippen molar-refractivity contribution in [2.45, 2.75) is 38.3 Å². The van der Waals surface area contributed by atoms with Crippen LogP contribution in [0.4, 0.5) is 10.1 Å². The number of hydrogen-bond acceptors (Lipinski definition) is 3. The van der Waals surface area contributed by atoms with Gasteiger partial charge in [0.25, 0.3) is 0 Å². The Hall–Kier alpha value is -1.83. The molecule has 3 rings (SSSR count). The Morgan fingerprint density at radius 2 is 2.17 bits per heavy atom. The molecule has 23 heavy (non-hydrogen) atoms. The number of hydrogen-bond donors (Lipinski definition) is 2. The number of aliphatic imine (C=N–C) groups is 1. The first kappa shape index (κ1) is 16.0. The molecular weight excluding hydrogens is 319 g/mol. The number of nitrogens with one attached hydrogen (secondary N) is 1. The molecule has 1 saturated carbocycles. The highest BCUT2D eigenvalue weighted by Gasteiger charge is 2.30. The van der Waals surface area contributed by atoms with Crippen LogP contribution in [0.15, 0.2) is 23.2 Å². The fourth-order valence-electron chi connectivity index (χ4n) is 2.74. The lowest BCUT2D eigenvalue weighted by Gasteiger charge is -2.26. The molecule has 0 bridgehead atoms. The van der Waals surface area contributed by atoms with E-state index in [9.17, 15) is 12.8 Å². The number of nitrogens with two attached hydrogens (primary N) is 1. The predicted octanol–water partition coefficient (Wildman–Crippen LogP) is 1.32. The van der Waals surface area contributed by atoms with Crippen molar-refractivity contribution >= 4 is 21.7 Å². The van der Waals surface area contributed by atoms with Crippen LogP contribution in [0.1, 0.15) is 31.2 Å². The fraction of sp³-hybridized carbons (Fsp3) is 0.533. The van der Waals surface area contributed by atoms with Crippen molar-refractivity contribution in [1.29, 1.82) is 0 Å². The molecule has 0 radical (unpaired) electrons. The van der Waals surface area contributed by atoms with Gasteiger partial charge in [-0.05, 0) is 43.4 Å². The molecule has 6 nitrogen and oxygen atoms in total. The van der Waals surface area contributed by atoms with Crippen molar-refractivity contribution in [3.63, 3.8) is 0 Å². The smallest absolute Gasteiger partial charge is 0.235 e. The van der Waals surface area contributed by atoms with E-state index >= 15 is 0 Å². The van der Waals surface area contributed by atoms with E-state index in [-0.39, 0.29) is 18.0 Å². The van der Waals surface area contributed by atoms with Crippen LogP contribution in [0.3, 0.4) is 0 Å². The second kappa shape index (κ2) is 6.35. The van der Waals surface area contributed by atoms with E-state index in [1.54, 1.807) is 6.07 Å². The molecule has 8 heteroatoms. The van der Waals surface area contributed by atoms with Gasteiger partial charge in [0.05, 0.1) is 18.0 Å². The third-order valence-electron chi connectivity index (χ3n) is 4.27. The van der Waals surface area contributed by atoms with Crippen LogP contribution in [0.25, 0.3) is 0 Å². The summed E-state index contributed by atoms with van der Waals surface area (Å²) in [6, 6.07) is 4.91. The minimum absolute atomic E-state index is 0.0713. The summed E-state index contributed by atoms with van der Waals surface area (Å²) in [6.07, 6.45) is 3.93. The van der Waals surface area contributed by atoms with Crippen molar-refractivity contribution in [3.8, 4) is 0 Å². The van der Waals surface area contributed by atoms with Gasteiger partial charge in [-0.1, -0.05) is 6.07 Å².